The molecule has 1 aliphatic heterocycles. The van der Waals surface area contributed by atoms with E-state index in [9.17, 15) is 4.79 Å². The maximum Gasteiger partial charge on any atom is 0.188 e. The number of methoxy groups -OCH3 is 1. The second-order valence-corrected chi connectivity index (χ2v) is 3.86. The molecule has 1 aromatic rings. The molecule has 1 saturated heterocycles. The van der Waals surface area contributed by atoms with Crippen molar-refractivity contribution >= 4 is 6.29 Å². The van der Waals surface area contributed by atoms with Gasteiger partial charge in [0.15, 0.2) is 19.4 Å². The van der Waals surface area contributed by atoms with Crippen LogP contribution in [-0.2, 0) is 14.2 Å². The van der Waals surface area contributed by atoms with Crippen molar-refractivity contribution in [2.24, 2.45) is 0 Å². The third kappa shape index (κ3) is 2.87. The molecule has 0 aromatic heterocycles. The molecule has 0 bridgehead atoms. The van der Waals surface area contributed by atoms with Crippen molar-refractivity contribution in [3.05, 3.63) is 29.3 Å². The molecule has 0 radical (unpaired) electrons. The lowest BCUT2D eigenvalue weighted by molar-refractivity contribution is -0.184. The van der Waals surface area contributed by atoms with Crippen molar-refractivity contribution in [1.82, 2.24) is 0 Å². The summed E-state index contributed by atoms with van der Waals surface area (Å²) in [5, 5.41) is 0. The van der Waals surface area contributed by atoms with Crippen LogP contribution in [0, 0.1) is 0 Å². The van der Waals surface area contributed by atoms with E-state index in [2.05, 4.69) is 0 Å². The Hall–Kier alpha value is -1.43. The van der Waals surface area contributed by atoms with Crippen molar-refractivity contribution in [2.75, 3.05) is 27.1 Å². The number of hydrogen-bond acceptors (Lipinski definition) is 5. The van der Waals surface area contributed by atoms with Gasteiger partial charge in [-0.3, -0.25) is 4.79 Å². The van der Waals surface area contributed by atoms with Crippen LogP contribution in [0.1, 0.15) is 28.6 Å². The lowest BCUT2D eigenvalue weighted by atomic mass is 10.1. The molecule has 98 valence electrons. The highest BCUT2D eigenvalue weighted by Gasteiger charge is 2.22. The van der Waals surface area contributed by atoms with E-state index in [4.69, 9.17) is 18.9 Å². The molecular weight excluding hydrogens is 236 g/mol. The molecule has 0 N–H and O–H groups in total. The molecule has 5 nitrogen and oxygen atoms in total. The smallest absolute Gasteiger partial charge is 0.188 e. The van der Waals surface area contributed by atoms with Crippen LogP contribution in [0.25, 0.3) is 0 Å². The Morgan fingerprint density at radius 3 is 2.83 bits per heavy atom. The molecule has 1 aromatic carbocycles. The fourth-order valence-electron chi connectivity index (χ4n) is 1.80. The van der Waals surface area contributed by atoms with Crippen LogP contribution in [-0.4, -0.2) is 33.4 Å². The zero-order chi connectivity index (χ0) is 12.8. The van der Waals surface area contributed by atoms with Gasteiger partial charge in [0.2, 0.25) is 0 Å². The van der Waals surface area contributed by atoms with Gasteiger partial charge in [0, 0.05) is 7.11 Å². The molecule has 0 atom stereocenters. The van der Waals surface area contributed by atoms with Crippen molar-refractivity contribution in [3.63, 3.8) is 0 Å². The van der Waals surface area contributed by atoms with Crippen LogP contribution < -0.4 is 4.74 Å². The van der Waals surface area contributed by atoms with E-state index in [1.165, 1.54) is 7.11 Å². The van der Waals surface area contributed by atoms with Gasteiger partial charge in [-0.25, -0.2) is 0 Å². The third-order valence-corrected chi connectivity index (χ3v) is 2.61. The molecule has 0 saturated carbocycles. The first kappa shape index (κ1) is 13.0. The summed E-state index contributed by atoms with van der Waals surface area (Å²) in [7, 11) is 1.52. The number of carbonyl (C=O) groups is 1. The van der Waals surface area contributed by atoms with Gasteiger partial charge in [-0.15, -0.1) is 0 Å². The minimum Gasteiger partial charge on any atom is -0.466 e. The largest absolute Gasteiger partial charge is 0.466 e. The van der Waals surface area contributed by atoms with Gasteiger partial charge >= 0.3 is 0 Å². The fourth-order valence-corrected chi connectivity index (χ4v) is 1.80. The van der Waals surface area contributed by atoms with E-state index in [0.717, 1.165) is 18.3 Å². The fraction of sp³-hybridized carbons (Fsp3) is 0.462. The summed E-state index contributed by atoms with van der Waals surface area (Å²) in [5.41, 5.74) is 1.18. The number of ether oxygens (including phenoxy) is 4. The van der Waals surface area contributed by atoms with Crippen molar-refractivity contribution < 1.29 is 23.7 Å². The Morgan fingerprint density at radius 1 is 1.39 bits per heavy atom. The zero-order valence-corrected chi connectivity index (χ0v) is 10.3. The molecule has 18 heavy (non-hydrogen) atoms. The second-order valence-electron chi connectivity index (χ2n) is 3.86. The summed E-state index contributed by atoms with van der Waals surface area (Å²) in [6.45, 7) is 1.35. The van der Waals surface area contributed by atoms with Crippen molar-refractivity contribution in [3.8, 4) is 5.75 Å². The van der Waals surface area contributed by atoms with Crippen LogP contribution in [0.2, 0.25) is 0 Å². The predicted molar refractivity (Wildman–Crippen MR) is 63.6 cm³/mol. The average molecular weight is 252 g/mol. The number of para-hydroxylation sites is 1. The average Bonchev–Trinajstić information content (AvgIpc) is 2.45. The first-order chi connectivity index (χ1) is 8.86. The summed E-state index contributed by atoms with van der Waals surface area (Å²) >= 11 is 0. The maximum atomic E-state index is 11.0. The molecule has 1 fully saturated rings. The third-order valence-electron chi connectivity index (χ3n) is 2.61. The van der Waals surface area contributed by atoms with Gasteiger partial charge in [-0.2, -0.15) is 0 Å². The van der Waals surface area contributed by atoms with E-state index < -0.39 is 6.29 Å². The quantitative estimate of drug-likeness (QED) is 0.592. The Morgan fingerprint density at radius 2 is 2.17 bits per heavy atom. The molecule has 1 aliphatic rings. The summed E-state index contributed by atoms with van der Waals surface area (Å²) < 4.78 is 21.4. The van der Waals surface area contributed by atoms with E-state index in [-0.39, 0.29) is 6.79 Å². The van der Waals surface area contributed by atoms with E-state index in [0.29, 0.717) is 24.5 Å². The second kappa shape index (κ2) is 6.49. The number of rotatable bonds is 5. The van der Waals surface area contributed by atoms with Crippen LogP contribution in [0.3, 0.4) is 0 Å². The SMILES string of the molecule is COCOc1c(C=O)cccc1C1OCCCO1. The monoisotopic (exact) mass is 252 g/mol. The van der Waals surface area contributed by atoms with Gasteiger partial charge in [-0.1, -0.05) is 12.1 Å². The summed E-state index contributed by atoms with van der Waals surface area (Å²) in [4.78, 5) is 11.0. The predicted octanol–water partition coefficient (Wildman–Crippen LogP) is 1.92. The molecule has 0 unspecified atom stereocenters. The van der Waals surface area contributed by atoms with Crippen molar-refractivity contribution in [1.29, 1.82) is 0 Å². The summed E-state index contributed by atoms with van der Waals surface area (Å²) in [5.74, 6) is 0.459. The first-order valence-electron chi connectivity index (χ1n) is 5.80. The summed E-state index contributed by atoms with van der Waals surface area (Å²) in [6, 6.07) is 5.29. The minimum atomic E-state index is -0.481. The van der Waals surface area contributed by atoms with E-state index in [1.807, 2.05) is 6.07 Å². The van der Waals surface area contributed by atoms with E-state index >= 15 is 0 Å². The Labute approximate surface area is 106 Å². The molecule has 5 heteroatoms. The van der Waals surface area contributed by atoms with Crippen molar-refractivity contribution in [2.45, 2.75) is 12.7 Å². The molecule has 0 amide bonds. The molecule has 2 rings (SSSR count). The van der Waals surface area contributed by atoms with Crippen LogP contribution in [0.4, 0.5) is 0 Å². The van der Waals surface area contributed by atoms with E-state index in [1.54, 1.807) is 12.1 Å². The molecule has 0 spiro atoms. The lowest BCUT2D eigenvalue weighted by Crippen LogP contribution is -2.19. The topological polar surface area (TPSA) is 54.0 Å². The first-order valence-corrected chi connectivity index (χ1v) is 5.80. The van der Waals surface area contributed by atoms with Crippen LogP contribution in [0.15, 0.2) is 18.2 Å². The van der Waals surface area contributed by atoms with Gasteiger partial charge in [0.1, 0.15) is 5.75 Å². The van der Waals surface area contributed by atoms with Crippen LogP contribution in [0.5, 0.6) is 5.75 Å². The number of aldehydes is 1. The highest BCUT2D eigenvalue weighted by Crippen LogP contribution is 2.33. The number of benzene rings is 1. The molecule has 0 aliphatic carbocycles. The van der Waals surface area contributed by atoms with Gasteiger partial charge in [0.25, 0.3) is 0 Å². The Kier molecular flexibility index (Phi) is 4.69. The Bertz CT molecular complexity index is 398. The highest BCUT2D eigenvalue weighted by atomic mass is 16.7. The Balaban J connectivity index is 2.28. The van der Waals surface area contributed by atoms with Gasteiger partial charge in [-0.05, 0) is 12.5 Å². The van der Waals surface area contributed by atoms with Crippen LogP contribution >= 0.6 is 0 Å². The molecular formula is C13H16O5. The van der Waals surface area contributed by atoms with Gasteiger partial charge < -0.3 is 18.9 Å². The number of hydrogen-bond donors (Lipinski definition) is 0. The molecule has 1 heterocycles. The highest BCUT2D eigenvalue weighted by molar-refractivity contribution is 5.80. The minimum absolute atomic E-state index is 0.0740. The normalized spacial score (nSPS) is 16.5. The zero-order valence-electron chi connectivity index (χ0n) is 10.3. The summed E-state index contributed by atoms with van der Waals surface area (Å²) in [6.07, 6.45) is 1.14. The number of carbonyl (C=O) groups excluding carboxylic acids is 1. The standard InChI is InChI=1S/C13H16O5/c1-15-9-18-12-10(8-14)4-2-5-11(12)13-16-6-3-7-17-13/h2,4-5,8,13H,3,6-7,9H2,1H3. The maximum absolute atomic E-state index is 11.0. The van der Waals surface area contributed by atoms with Gasteiger partial charge in [0.05, 0.1) is 24.3 Å². The lowest BCUT2D eigenvalue weighted by Gasteiger charge is -2.25.